The Labute approximate surface area is 223 Å². The smallest absolute Gasteiger partial charge is 0.257 e. The molecule has 2 heterocycles. The molecule has 0 aliphatic carbocycles. The van der Waals surface area contributed by atoms with Crippen molar-refractivity contribution >= 4 is 17.6 Å². The minimum absolute atomic E-state index is 0.0149. The number of ether oxygens (including phenoxy) is 1. The van der Waals surface area contributed by atoms with Crippen LogP contribution in [0.25, 0.3) is 11.3 Å². The van der Waals surface area contributed by atoms with Gasteiger partial charge < -0.3 is 19.4 Å². The van der Waals surface area contributed by atoms with Crippen LogP contribution in [0.5, 0.6) is 5.75 Å². The summed E-state index contributed by atoms with van der Waals surface area (Å²) < 4.78 is 19.6. The predicted molar refractivity (Wildman–Crippen MR) is 145 cm³/mol. The van der Waals surface area contributed by atoms with Crippen molar-refractivity contribution in [3.8, 4) is 17.0 Å². The zero-order chi connectivity index (χ0) is 27.1. The molecular formula is C29H34FN5O3. The van der Waals surface area contributed by atoms with Gasteiger partial charge >= 0.3 is 0 Å². The number of hydrogen-bond donors (Lipinski definition) is 0. The molecule has 4 rings (SSSR count). The molecule has 0 unspecified atom stereocenters. The molecular weight excluding hydrogens is 485 g/mol. The van der Waals surface area contributed by atoms with E-state index in [9.17, 15) is 14.0 Å². The highest BCUT2D eigenvalue weighted by molar-refractivity contribution is 5.96. The first kappa shape index (κ1) is 27.0. The Hall–Kier alpha value is -4.01. The molecule has 200 valence electrons. The maximum absolute atomic E-state index is 14.3. The number of methoxy groups -OCH3 is 1. The maximum Gasteiger partial charge on any atom is 0.257 e. The van der Waals surface area contributed by atoms with Crippen LogP contribution in [0.2, 0.25) is 0 Å². The van der Waals surface area contributed by atoms with Gasteiger partial charge in [0, 0.05) is 38.3 Å². The van der Waals surface area contributed by atoms with Crippen molar-refractivity contribution in [1.29, 1.82) is 0 Å². The summed E-state index contributed by atoms with van der Waals surface area (Å²) in [7, 11) is 1.63. The van der Waals surface area contributed by atoms with E-state index in [-0.39, 0.29) is 23.9 Å². The number of aromatic nitrogens is 2. The van der Waals surface area contributed by atoms with Crippen molar-refractivity contribution in [2.75, 3.05) is 51.3 Å². The lowest BCUT2D eigenvalue weighted by Gasteiger charge is -2.28. The van der Waals surface area contributed by atoms with Gasteiger partial charge in [0.2, 0.25) is 5.91 Å². The van der Waals surface area contributed by atoms with Gasteiger partial charge in [-0.25, -0.2) is 4.39 Å². The van der Waals surface area contributed by atoms with Gasteiger partial charge in [-0.05, 0) is 48.7 Å². The number of halogens is 1. The van der Waals surface area contributed by atoms with Crippen LogP contribution < -0.4 is 9.64 Å². The van der Waals surface area contributed by atoms with E-state index in [4.69, 9.17) is 4.74 Å². The molecule has 9 heteroatoms. The molecule has 3 aromatic rings. The SMILES string of the molecule is COc1cccc(-c2ccc(N3CCCN(C(=O)CN(CC(C)C)C(=O)c4ccccc4F)CC3)nn2)c1. The summed E-state index contributed by atoms with van der Waals surface area (Å²) in [6.07, 6.45) is 0.760. The summed E-state index contributed by atoms with van der Waals surface area (Å²) in [5, 5.41) is 8.84. The zero-order valence-corrected chi connectivity index (χ0v) is 22.1. The van der Waals surface area contributed by atoms with Crippen LogP contribution in [0.4, 0.5) is 10.2 Å². The van der Waals surface area contributed by atoms with Crippen molar-refractivity contribution in [3.63, 3.8) is 0 Å². The third kappa shape index (κ3) is 6.65. The number of benzene rings is 2. The quantitative estimate of drug-likeness (QED) is 0.445. The molecule has 38 heavy (non-hydrogen) atoms. The second kappa shape index (κ2) is 12.5. The van der Waals surface area contributed by atoms with Crippen molar-refractivity contribution < 1.29 is 18.7 Å². The molecule has 1 aliphatic heterocycles. The molecule has 0 bridgehead atoms. The highest BCUT2D eigenvalue weighted by Gasteiger charge is 2.26. The second-order valence-electron chi connectivity index (χ2n) is 9.79. The highest BCUT2D eigenvalue weighted by atomic mass is 19.1. The molecule has 8 nitrogen and oxygen atoms in total. The van der Waals surface area contributed by atoms with Gasteiger partial charge in [-0.15, -0.1) is 10.2 Å². The van der Waals surface area contributed by atoms with Crippen LogP contribution in [0, 0.1) is 11.7 Å². The highest BCUT2D eigenvalue weighted by Crippen LogP contribution is 2.23. The fourth-order valence-electron chi connectivity index (χ4n) is 4.55. The summed E-state index contributed by atoms with van der Waals surface area (Å²) in [5.41, 5.74) is 1.66. The van der Waals surface area contributed by atoms with Crippen LogP contribution in [-0.2, 0) is 4.79 Å². The van der Waals surface area contributed by atoms with E-state index < -0.39 is 11.7 Å². The normalized spacial score (nSPS) is 13.8. The van der Waals surface area contributed by atoms with Gasteiger partial charge in [-0.1, -0.05) is 38.1 Å². The Balaban J connectivity index is 1.39. The Morgan fingerprint density at radius 2 is 1.82 bits per heavy atom. The first-order valence-electron chi connectivity index (χ1n) is 12.9. The van der Waals surface area contributed by atoms with Crippen LogP contribution in [0.15, 0.2) is 60.7 Å². The monoisotopic (exact) mass is 519 g/mol. The molecule has 1 fully saturated rings. The standard InChI is InChI=1S/C29H34FN5O3/c1-21(2)19-35(29(37)24-10-4-5-11-25(24)30)20-28(36)34-15-7-14-33(16-17-34)27-13-12-26(31-32-27)22-8-6-9-23(18-22)38-3/h4-6,8-13,18,21H,7,14-17,19-20H2,1-3H3. The molecule has 1 saturated heterocycles. The van der Waals surface area contributed by atoms with Gasteiger partial charge in [0.15, 0.2) is 5.82 Å². The number of anilines is 1. The van der Waals surface area contributed by atoms with Gasteiger partial charge in [-0.2, -0.15) is 0 Å². The largest absolute Gasteiger partial charge is 0.497 e. The van der Waals surface area contributed by atoms with Gasteiger partial charge in [0.25, 0.3) is 5.91 Å². The topological polar surface area (TPSA) is 78.9 Å². The van der Waals surface area contributed by atoms with Crippen LogP contribution in [0.1, 0.15) is 30.6 Å². The van der Waals surface area contributed by atoms with Crippen molar-refractivity contribution in [3.05, 3.63) is 72.0 Å². The number of rotatable bonds is 8. The van der Waals surface area contributed by atoms with Crippen LogP contribution in [0.3, 0.4) is 0 Å². The number of carbonyl (C=O) groups excluding carboxylic acids is 2. The minimum Gasteiger partial charge on any atom is -0.497 e. The summed E-state index contributed by atoms with van der Waals surface area (Å²) in [6, 6.07) is 17.4. The summed E-state index contributed by atoms with van der Waals surface area (Å²) in [5.74, 6) is 0.458. The molecule has 1 aromatic heterocycles. The van der Waals surface area contributed by atoms with E-state index in [2.05, 4.69) is 15.1 Å². The van der Waals surface area contributed by atoms with Gasteiger partial charge in [0.05, 0.1) is 18.4 Å². The number of carbonyl (C=O) groups is 2. The van der Waals surface area contributed by atoms with Crippen LogP contribution >= 0.6 is 0 Å². The molecule has 2 aromatic carbocycles. The van der Waals surface area contributed by atoms with E-state index in [1.54, 1.807) is 24.1 Å². The number of amides is 2. The fraction of sp³-hybridized carbons (Fsp3) is 0.379. The summed E-state index contributed by atoms with van der Waals surface area (Å²) in [6.45, 7) is 6.64. The van der Waals surface area contributed by atoms with E-state index in [1.807, 2.05) is 50.2 Å². The Morgan fingerprint density at radius 3 is 2.53 bits per heavy atom. The minimum atomic E-state index is -0.581. The zero-order valence-electron chi connectivity index (χ0n) is 22.1. The lowest BCUT2D eigenvalue weighted by molar-refractivity contribution is -0.131. The molecule has 0 saturated carbocycles. The van der Waals surface area contributed by atoms with Gasteiger partial charge in [-0.3, -0.25) is 9.59 Å². The summed E-state index contributed by atoms with van der Waals surface area (Å²) >= 11 is 0. The molecule has 2 amide bonds. The summed E-state index contributed by atoms with van der Waals surface area (Å²) in [4.78, 5) is 31.7. The van der Waals surface area contributed by atoms with Crippen molar-refractivity contribution in [2.24, 2.45) is 5.92 Å². The average molecular weight is 520 g/mol. The Bertz CT molecular complexity index is 1250. The van der Waals surface area contributed by atoms with Crippen molar-refractivity contribution in [1.82, 2.24) is 20.0 Å². The second-order valence-corrected chi connectivity index (χ2v) is 9.79. The molecule has 0 radical (unpaired) electrons. The molecule has 0 spiro atoms. The molecule has 1 aliphatic rings. The van der Waals surface area contributed by atoms with E-state index in [0.717, 1.165) is 35.8 Å². The Morgan fingerprint density at radius 1 is 1.00 bits per heavy atom. The number of nitrogens with zero attached hydrogens (tertiary/aromatic N) is 5. The predicted octanol–water partition coefficient (Wildman–Crippen LogP) is 4.13. The average Bonchev–Trinajstić information content (AvgIpc) is 3.19. The van der Waals surface area contributed by atoms with Crippen LogP contribution in [-0.4, -0.2) is 78.2 Å². The lowest BCUT2D eigenvalue weighted by atomic mass is 10.1. The Kier molecular flexibility index (Phi) is 8.89. The third-order valence-electron chi connectivity index (χ3n) is 6.49. The van der Waals surface area contributed by atoms with E-state index in [0.29, 0.717) is 26.2 Å². The van der Waals surface area contributed by atoms with E-state index >= 15 is 0 Å². The third-order valence-corrected chi connectivity index (χ3v) is 6.49. The maximum atomic E-state index is 14.3. The van der Waals surface area contributed by atoms with Crippen molar-refractivity contribution in [2.45, 2.75) is 20.3 Å². The first-order valence-corrected chi connectivity index (χ1v) is 12.9. The molecule has 0 N–H and O–H groups in total. The van der Waals surface area contributed by atoms with Gasteiger partial charge in [0.1, 0.15) is 18.1 Å². The molecule has 0 atom stereocenters. The van der Waals surface area contributed by atoms with E-state index in [1.165, 1.54) is 17.0 Å². The lowest BCUT2D eigenvalue weighted by Crippen LogP contribution is -2.45. The fourth-order valence-corrected chi connectivity index (χ4v) is 4.55. The first-order chi connectivity index (χ1) is 18.4. The number of hydrogen-bond acceptors (Lipinski definition) is 6.